The Hall–Kier alpha value is -8.25. The second-order valence-corrected chi connectivity index (χ2v) is 20.0. The van der Waals surface area contributed by atoms with E-state index in [1.54, 1.807) is 0 Å². The second kappa shape index (κ2) is 14.6. The standard InChI is InChI=1S/C66H48N2/c1-40-16-8-6-9-17-42-24-25-46(36-57(42)65(40,2)3)62-53-22-13-12-21-52(53)61(47-29-30-51-50-20-14-15-23-56(50)66(4,5)58(51)37-47)54-31-28-43(35-55(54)62)48-34-45-27-26-44-32-41(39-67)33-59-63(44)64(45)60(38-48)68(59)49-18-10-7-11-19-49/h6-16,18-38H,1,17H2,2-5H3/b9-6-,16-8-. The lowest BCUT2D eigenvalue weighted by Crippen LogP contribution is -2.20. The maximum Gasteiger partial charge on any atom is 0.0992 e. The van der Waals surface area contributed by atoms with Gasteiger partial charge in [0.15, 0.2) is 0 Å². The molecule has 1 aromatic heterocycles. The highest BCUT2D eigenvalue weighted by Gasteiger charge is 2.36. The lowest BCUT2D eigenvalue weighted by atomic mass is 9.74. The molecule has 0 amide bonds. The van der Waals surface area contributed by atoms with Crippen LogP contribution in [0.1, 0.15) is 55.5 Å². The highest BCUT2D eigenvalue weighted by atomic mass is 15.0. The van der Waals surface area contributed by atoms with E-state index in [9.17, 15) is 5.26 Å². The highest BCUT2D eigenvalue weighted by molar-refractivity contribution is 6.26. The molecular formula is C66H48N2. The zero-order valence-electron chi connectivity index (χ0n) is 38.8. The first-order valence-electron chi connectivity index (χ1n) is 23.8. The molecular weight excluding hydrogens is 821 g/mol. The van der Waals surface area contributed by atoms with Gasteiger partial charge in [0.1, 0.15) is 0 Å². The molecule has 11 aromatic rings. The summed E-state index contributed by atoms with van der Waals surface area (Å²) in [5, 5.41) is 19.7. The number of rotatable bonds is 4. The molecule has 13 rings (SSSR count). The van der Waals surface area contributed by atoms with Gasteiger partial charge in [-0.25, -0.2) is 0 Å². The first-order chi connectivity index (χ1) is 33.1. The lowest BCUT2D eigenvalue weighted by molar-refractivity contribution is 0.635. The van der Waals surface area contributed by atoms with Crippen LogP contribution in [0.25, 0.3) is 104 Å². The first kappa shape index (κ1) is 40.1. The van der Waals surface area contributed by atoms with Gasteiger partial charge in [-0.05, 0) is 166 Å². The van der Waals surface area contributed by atoms with Crippen LogP contribution in [0.4, 0.5) is 0 Å². The molecule has 2 nitrogen and oxygen atoms in total. The molecule has 0 unspecified atom stereocenters. The van der Waals surface area contributed by atoms with Crippen LogP contribution in [0, 0.1) is 11.3 Å². The summed E-state index contributed by atoms with van der Waals surface area (Å²) in [6.07, 6.45) is 9.55. The van der Waals surface area contributed by atoms with Crippen molar-refractivity contribution in [1.29, 1.82) is 5.26 Å². The Morgan fingerprint density at radius 2 is 1.13 bits per heavy atom. The van der Waals surface area contributed by atoms with Crippen molar-refractivity contribution in [3.05, 3.63) is 234 Å². The minimum absolute atomic E-state index is 0.131. The number of allylic oxidation sites excluding steroid dienone is 5. The number of hydrogen-bond acceptors (Lipinski definition) is 1. The van der Waals surface area contributed by atoms with Crippen molar-refractivity contribution < 1.29 is 0 Å². The van der Waals surface area contributed by atoms with Crippen LogP contribution in [0.5, 0.6) is 0 Å². The summed E-state index contributed by atoms with van der Waals surface area (Å²) in [7, 11) is 0. The van der Waals surface area contributed by atoms with Gasteiger partial charge in [0.2, 0.25) is 0 Å². The number of fused-ring (bicyclic) bond motifs is 6. The van der Waals surface area contributed by atoms with Crippen LogP contribution in [0.3, 0.4) is 0 Å². The van der Waals surface area contributed by atoms with Gasteiger partial charge in [0, 0.05) is 27.3 Å². The van der Waals surface area contributed by atoms with Crippen molar-refractivity contribution in [2.45, 2.75) is 44.9 Å². The van der Waals surface area contributed by atoms with Crippen LogP contribution in [0.15, 0.2) is 206 Å². The molecule has 2 aliphatic carbocycles. The fraction of sp³-hybridized carbons (Fsp3) is 0.106. The molecule has 0 fully saturated rings. The Labute approximate surface area is 397 Å². The van der Waals surface area contributed by atoms with Gasteiger partial charge < -0.3 is 4.57 Å². The smallest absolute Gasteiger partial charge is 0.0992 e. The Balaban J connectivity index is 1.11. The van der Waals surface area contributed by atoms with Crippen LogP contribution < -0.4 is 0 Å². The van der Waals surface area contributed by atoms with Gasteiger partial charge in [-0.2, -0.15) is 5.26 Å². The van der Waals surface area contributed by atoms with E-state index in [0.29, 0.717) is 5.56 Å². The molecule has 0 aliphatic heterocycles. The molecule has 0 spiro atoms. The average molecular weight is 869 g/mol. The minimum Gasteiger partial charge on any atom is -0.309 e. The van der Waals surface area contributed by atoms with E-state index in [2.05, 4.69) is 233 Å². The SMILES string of the molecule is C=C1/C=C\C=C/Cc2ccc(-c3c4ccccc4c(-c4ccc5c(c4)C(C)(C)c4ccccc4-5)c4ccc(-c5cc6ccc7cc(C#N)cc8c7c6c(c5)n8-c5ccccc5)cc34)cc2C1(C)C. The van der Waals surface area contributed by atoms with Crippen LogP contribution in [-0.4, -0.2) is 4.57 Å². The summed E-state index contributed by atoms with van der Waals surface area (Å²) < 4.78 is 2.35. The largest absolute Gasteiger partial charge is 0.309 e. The molecule has 0 radical (unpaired) electrons. The number of benzene rings is 10. The molecule has 68 heavy (non-hydrogen) atoms. The van der Waals surface area contributed by atoms with Gasteiger partial charge in [-0.15, -0.1) is 0 Å². The molecule has 0 atom stereocenters. The fourth-order valence-corrected chi connectivity index (χ4v) is 12.0. The lowest BCUT2D eigenvalue weighted by Gasteiger charge is -2.29. The number of para-hydroxylation sites is 1. The zero-order valence-corrected chi connectivity index (χ0v) is 38.8. The summed E-state index contributed by atoms with van der Waals surface area (Å²) in [5.74, 6) is 0. The Morgan fingerprint density at radius 1 is 0.500 bits per heavy atom. The van der Waals surface area contributed by atoms with E-state index < -0.39 is 0 Å². The van der Waals surface area contributed by atoms with E-state index >= 15 is 0 Å². The minimum atomic E-state index is -0.283. The Morgan fingerprint density at radius 3 is 1.91 bits per heavy atom. The summed E-state index contributed by atoms with van der Waals surface area (Å²) in [6, 6.07) is 65.7. The van der Waals surface area contributed by atoms with Gasteiger partial charge in [-0.3, -0.25) is 0 Å². The first-order valence-corrected chi connectivity index (χ1v) is 23.8. The third-order valence-corrected chi connectivity index (χ3v) is 15.6. The normalized spacial score (nSPS) is 15.8. The maximum absolute atomic E-state index is 10.2. The molecule has 1 heterocycles. The Bertz CT molecular complexity index is 4070. The number of aromatic nitrogens is 1. The van der Waals surface area contributed by atoms with Gasteiger partial charge in [0.25, 0.3) is 0 Å². The van der Waals surface area contributed by atoms with Crippen LogP contribution in [0.2, 0.25) is 0 Å². The summed E-state index contributed by atoms with van der Waals surface area (Å²) in [5.41, 5.74) is 19.8. The molecule has 0 saturated carbocycles. The second-order valence-electron chi connectivity index (χ2n) is 20.0. The van der Waals surface area contributed by atoms with Crippen molar-refractivity contribution in [2.24, 2.45) is 0 Å². The molecule has 0 saturated heterocycles. The maximum atomic E-state index is 10.2. The van der Waals surface area contributed by atoms with E-state index in [1.807, 2.05) is 6.07 Å². The van der Waals surface area contributed by atoms with Crippen molar-refractivity contribution in [1.82, 2.24) is 4.57 Å². The van der Waals surface area contributed by atoms with Crippen molar-refractivity contribution >= 4 is 54.1 Å². The third kappa shape index (κ3) is 5.76. The zero-order chi connectivity index (χ0) is 46.1. The van der Waals surface area contributed by atoms with E-state index in [4.69, 9.17) is 0 Å². The van der Waals surface area contributed by atoms with E-state index in [0.717, 1.165) is 45.2 Å². The monoisotopic (exact) mass is 868 g/mol. The van der Waals surface area contributed by atoms with Crippen molar-refractivity contribution in [2.75, 3.05) is 0 Å². The molecule has 0 bridgehead atoms. The van der Waals surface area contributed by atoms with Crippen molar-refractivity contribution in [3.63, 3.8) is 0 Å². The van der Waals surface area contributed by atoms with E-state index in [-0.39, 0.29) is 10.8 Å². The average Bonchev–Trinajstić information content (AvgIpc) is 3.83. The molecule has 2 aliphatic rings. The summed E-state index contributed by atoms with van der Waals surface area (Å²) in [6.45, 7) is 14.0. The van der Waals surface area contributed by atoms with Crippen LogP contribution in [-0.2, 0) is 17.3 Å². The van der Waals surface area contributed by atoms with Gasteiger partial charge in [-0.1, -0.05) is 174 Å². The number of hydrogen-bond donors (Lipinski definition) is 0. The Kier molecular flexibility index (Phi) is 8.62. The molecule has 2 heteroatoms. The van der Waals surface area contributed by atoms with Gasteiger partial charge in [0.05, 0.1) is 22.7 Å². The summed E-state index contributed by atoms with van der Waals surface area (Å²) >= 11 is 0. The number of nitrogens with zero attached hydrogens (tertiary/aromatic N) is 2. The predicted octanol–water partition coefficient (Wildman–Crippen LogP) is 17.4. The van der Waals surface area contributed by atoms with Gasteiger partial charge >= 0.3 is 0 Å². The molecule has 10 aromatic carbocycles. The number of nitriles is 1. The molecule has 0 N–H and O–H groups in total. The fourth-order valence-electron chi connectivity index (χ4n) is 12.0. The quantitative estimate of drug-likeness (QED) is 0.128. The third-order valence-electron chi connectivity index (χ3n) is 15.6. The molecule has 322 valence electrons. The highest BCUT2D eigenvalue weighted by Crippen LogP contribution is 2.52. The topological polar surface area (TPSA) is 28.7 Å². The van der Waals surface area contributed by atoms with Crippen molar-refractivity contribution in [3.8, 4) is 56.3 Å². The predicted molar refractivity (Wildman–Crippen MR) is 287 cm³/mol. The van der Waals surface area contributed by atoms with Crippen LogP contribution >= 0.6 is 0 Å². The summed E-state index contributed by atoms with van der Waals surface area (Å²) in [4.78, 5) is 0. The van der Waals surface area contributed by atoms with E-state index in [1.165, 1.54) is 93.3 Å².